The van der Waals surface area contributed by atoms with Crippen LogP contribution in [0.1, 0.15) is 155 Å². The van der Waals surface area contributed by atoms with E-state index in [1.807, 2.05) is 157 Å². The predicted octanol–water partition coefficient (Wildman–Crippen LogP) is 16.7. The molecule has 8 nitrogen and oxygen atoms in total. The molecule has 70 heavy (non-hydrogen) atoms. The predicted molar refractivity (Wildman–Crippen MR) is 320 cm³/mol. The van der Waals surface area contributed by atoms with Gasteiger partial charge in [-0.05, 0) is 222 Å². The van der Waals surface area contributed by atoms with E-state index in [2.05, 4.69) is 132 Å². The number of carbonyl (C=O) groups excluding carboxylic acids is 2. The molecule has 3 N–H and O–H groups in total. The Morgan fingerprint density at radius 2 is 0.957 bits per heavy atom. The van der Waals surface area contributed by atoms with Gasteiger partial charge in [-0.3, -0.25) is 14.6 Å². The lowest BCUT2D eigenvalue weighted by atomic mass is 10.0. The average molecular weight is 1320 g/mol. The first-order valence-electron chi connectivity index (χ1n) is 22.5. The summed E-state index contributed by atoms with van der Waals surface area (Å²) in [5.41, 5.74) is 17.7. The van der Waals surface area contributed by atoms with E-state index in [0.717, 1.165) is 55.9 Å². The first-order chi connectivity index (χ1) is 32.3. The van der Waals surface area contributed by atoms with E-state index in [4.69, 9.17) is 5.73 Å². The molecule has 0 saturated carbocycles. The maximum Gasteiger partial charge on any atom is 0.160 e. The summed E-state index contributed by atoms with van der Waals surface area (Å²) in [6.07, 6.45) is 2.00. The van der Waals surface area contributed by atoms with Crippen molar-refractivity contribution in [2.24, 2.45) is 15.1 Å². The first kappa shape index (κ1) is 65.4. The number of rotatable bonds is 10. The molecule has 15 heteroatoms. The van der Waals surface area contributed by atoms with Crippen molar-refractivity contribution in [2.45, 2.75) is 138 Å². The van der Waals surface area contributed by atoms with Crippen molar-refractivity contribution in [2.75, 3.05) is 0 Å². The van der Waals surface area contributed by atoms with Gasteiger partial charge in [-0.1, -0.05) is 110 Å². The minimum absolute atomic E-state index is 0.0355. The van der Waals surface area contributed by atoms with Gasteiger partial charge in [0.25, 0.3) is 0 Å². The number of hydrogen-bond acceptors (Lipinski definition) is 6. The molecule has 0 aliphatic carbocycles. The number of nitrogens with one attached hydrogen (secondary N) is 1. The monoisotopic (exact) mass is 1310 g/mol. The van der Waals surface area contributed by atoms with E-state index < -0.39 is 22.0 Å². The zero-order chi connectivity index (χ0) is 53.8. The van der Waals surface area contributed by atoms with Gasteiger partial charge in [0.1, 0.15) is 11.0 Å². The topological polar surface area (TPSA) is 131 Å². The summed E-state index contributed by atoms with van der Waals surface area (Å²) < 4.78 is 36.1. The number of aliphatic imine (C=N–C) groups is 1. The number of halogens is 5. The van der Waals surface area contributed by atoms with Gasteiger partial charge in [-0.25, -0.2) is 13.1 Å². The largest absolute Gasteiger partial charge is 0.324 e. The molecule has 5 atom stereocenters. The van der Waals surface area contributed by atoms with Crippen molar-refractivity contribution in [3.05, 3.63) is 169 Å². The lowest BCUT2D eigenvalue weighted by Crippen LogP contribution is -2.35. The summed E-state index contributed by atoms with van der Waals surface area (Å²) in [6, 6.07) is 30.3. The van der Waals surface area contributed by atoms with E-state index in [1.165, 1.54) is 34.0 Å². The van der Waals surface area contributed by atoms with Crippen molar-refractivity contribution in [3.63, 3.8) is 0 Å². The van der Waals surface area contributed by atoms with E-state index >= 15 is 0 Å². The molecule has 5 rings (SSSR count). The zero-order valence-electron chi connectivity index (χ0n) is 43.4. The van der Waals surface area contributed by atoms with Crippen LogP contribution in [0.4, 0.5) is 0 Å². The van der Waals surface area contributed by atoms with Gasteiger partial charge in [-0.15, -0.1) is 0 Å². The van der Waals surface area contributed by atoms with Gasteiger partial charge in [-0.2, -0.15) is 4.40 Å². The Morgan fingerprint density at radius 3 is 1.30 bits per heavy atom. The second kappa shape index (κ2) is 31.2. The molecular formula is C55H71Br5N4O4S2. The highest BCUT2D eigenvalue weighted by atomic mass is 79.9. The maximum atomic E-state index is 12.0. The van der Waals surface area contributed by atoms with Crippen LogP contribution < -0.4 is 10.5 Å². The number of hydrogen-bond donors (Lipinski definition) is 2. The third kappa shape index (κ3) is 24.0. The first-order valence-corrected chi connectivity index (χ1v) is 28.7. The fourth-order valence-electron chi connectivity index (χ4n) is 6.39. The summed E-state index contributed by atoms with van der Waals surface area (Å²) in [6.45, 7) is 31.3. The third-order valence-electron chi connectivity index (χ3n) is 10.2. The molecule has 0 bridgehead atoms. The van der Waals surface area contributed by atoms with Crippen LogP contribution in [0, 0.1) is 34.6 Å². The number of benzene rings is 5. The molecule has 0 saturated heterocycles. The molecule has 0 radical (unpaired) electrons. The molecule has 0 aliphatic heterocycles. The van der Waals surface area contributed by atoms with Gasteiger partial charge in [0.2, 0.25) is 0 Å². The highest BCUT2D eigenvalue weighted by Gasteiger charge is 2.22. The molecule has 0 heterocycles. The normalized spacial score (nSPS) is 13.6. The summed E-state index contributed by atoms with van der Waals surface area (Å²) in [5.74, 6) is 0.120. The lowest BCUT2D eigenvalue weighted by molar-refractivity contribution is -0.102. The summed E-state index contributed by atoms with van der Waals surface area (Å²) in [4.78, 5) is 25.2. The number of ketones is 1. The quantitative estimate of drug-likeness (QED) is 0.0817. The molecule has 0 aliphatic rings. The van der Waals surface area contributed by atoms with E-state index in [0.29, 0.717) is 6.29 Å². The van der Waals surface area contributed by atoms with Crippen LogP contribution in [0.15, 0.2) is 123 Å². The maximum absolute atomic E-state index is 12.0. The summed E-state index contributed by atoms with van der Waals surface area (Å²) in [5, 5.41) is 0. The van der Waals surface area contributed by atoms with Crippen LogP contribution in [0.25, 0.3) is 0 Å². The Balaban J connectivity index is 0.000000443. The van der Waals surface area contributed by atoms with Crippen LogP contribution in [0.2, 0.25) is 0 Å². The Bertz CT molecular complexity index is 2640. The van der Waals surface area contributed by atoms with Crippen LogP contribution in [0.3, 0.4) is 0 Å². The lowest BCUT2D eigenvalue weighted by Gasteiger charge is -2.23. The van der Waals surface area contributed by atoms with Gasteiger partial charge in [0, 0.05) is 40.0 Å². The van der Waals surface area contributed by atoms with Crippen molar-refractivity contribution >= 4 is 126 Å². The number of Topliss-reactive ketones (excluding diaryl/α,β-unsaturated/α-hetero) is 1. The van der Waals surface area contributed by atoms with Crippen molar-refractivity contribution in [1.82, 2.24) is 4.72 Å². The van der Waals surface area contributed by atoms with Crippen molar-refractivity contribution in [3.8, 4) is 0 Å². The van der Waals surface area contributed by atoms with Crippen LogP contribution in [-0.4, -0.2) is 41.9 Å². The van der Waals surface area contributed by atoms with Gasteiger partial charge >= 0.3 is 0 Å². The van der Waals surface area contributed by atoms with Gasteiger partial charge in [0.15, 0.2) is 12.1 Å². The minimum atomic E-state index is -1.21. The average Bonchev–Trinajstić information content (AvgIpc) is 3.22. The number of nitrogens with two attached hydrogens (primary N) is 1. The highest BCUT2D eigenvalue weighted by molar-refractivity contribution is 9.11. The standard InChI is InChI=1S/C13H20BrNOS.C13H18BrNOS.C11H12BrNO.C9H12BrN.C9H9BrO/c2*1-9-8-11(14)6-7-12(9)10(2)15-17(16)13(3,4)5;1-8-7-10(12)3-4-11(8)9(2)13-5-6-14;2*1-6-5-8(10)3-4-9(6)7(2)11/h6-8,10,15H,1-5H3;6-8H,1-5H3;3-7,9H,1-2H3;3-5,7H,11H2,1-2H3;3-5H,1-2H3/t10-,17+;17-;9-;7-;/m0100./s1. The Kier molecular flexibility index (Phi) is 29.2. The Hall–Kier alpha value is -2.60. The van der Waals surface area contributed by atoms with Gasteiger partial charge < -0.3 is 5.73 Å². The second-order valence-corrected chi connectivity index (χ2v) is 27.1. The molecular weight excluding hydrogens is 1240 g/mol. The molecule has 5 aromatic carbocycles. The van der Waals surface area contributed by atoms with Gasteiger partial charge in [0.05, 0.1) is 38.4 Å². The molecule has 382 valence electrons. The van der Waals surface area contributed by atoms with Crippen LogP contribution in [0.5, 0.6) is 0 Å². The van der Waals surface area contributed by atoms with E-state index in [1.54, 1.807) is 6.92 Å². The fourth-order valence-corrected chi connectivity index (χ4v) is 10.2. The number of aldehydes is 1. The Morgan fingerprint density at radius 1 is 0.586 bits per heavy atom. The van der Waals surface area contributed by atoms with Crippen molar-refractivity contribution < 1.29 is 18.0 Å². The number of nitrogens with zero attached hydrogens (tertiary/aromatic N) is 2. The Labute approximate surface area is 466 Å². The fraction of sp³-hybridized carbons (Fsp3) is 0.382. The van der Waals surface area contributed by atoms with E-state index in [9.17, 15) is 18.0 Å². The molecule has 0 spiro atoms. The zero-order valence-corrected chi connectivity index (χ0v) is 52.9. The molecule has 0 fully saturated rings. The summed E-state index contributed by atoms with van der Waals surface area (Å²) >= 11 is 17.0. The van der Waals surface area contributed by atoms with E-state index in [-0.39, 0.29) is 33.4 Å². The second-order valence-electron chi connectivity index (χ2n) is 18.6. The SMILES string of the molecule is CC(=N[S@](=O)C(C)(C)C)c1ccc(Br)cc1C.CC(=O)c1ccc(Br)cc1C.Cc1cc(Br)ccc1[C@H](C)N.Cc1cc(Br)ccc1[C@H](C)N=CC=O.Cc1cc(Br)ccc1[C@H](C)N[S@](=O)C(C)(C)C. The van der Waals surface area contributed by atoms with Crippen molar-refractivity contribution in [1.29, 1.82) is 0 Å². The summed E-state index contributed by atoms with van der Waals surface area (Å²) in [7, 11) is -2.25. The highest BCUT2D eigenvalue weighted by Crippen LogP contribution is 2.26. The third-order valence-corrected chi connectivity index (χ3v) is 15.8. The number of aryl methyl sites for hydroxylation is 5. The molecule has 5 aromatic rings. The number of carbonyl (C=O) groups is 2. The smallest absolute Gasteiger partial charge is 0.160 e. The molecule has 0 aromatic heterocycles. The van der Waals surface area contributed by atoms with Crippen LogP contribution >= 0.6 is 79.6 Å². The molecule has 0 amide bonds. The van der Waals surface area contributed by atoms with Crippen LogP contribution in [-0.2, 0) is 26.8 Å². The minimum Gasteiger partial charge on any atom is -0.324 e. The molecule has 0 unspecified atom stereocenters.